The van der Waals surface area contributed by atoms with Gasteiger partial charge in [0, 0.05) is 6.04 Å². The van der Waals surface area contributed by atoms with Gasteiger partial charge in [-0.2, -0.15) is 13.2 Å². The quantitative estimate of drug-likeness (QED) is 0.867. The lowest BCUT2D eigenvalue weighted by molar-refractivity contribution is -0.158. The molecular weight excluding hydrogens is 283 g/mol. The van der Waals surface area contributed by atoms with Crippen LogP contribution >= 0.6 is 0 Å². The molecule has 1 atom stereocenters. The van der Waals surface area contributed by atoms with Crippen LogP contribution in [0, 0.1) is 0 Å². The average Bonchev–Trinajstić information content (AvgIpc) is 2.57. The zero-order valence-electron chi connectivity index (χ0n) is 11.6. The van der Waals surface area contributed by atoms with Crippen molar-refractivity contribution in [2.75, 3.05) is 13.1 Å². The fourth-order valence-corrected chi connectivity index (χ4v) is 2.96. The van der Waals surface area contributed by atoms with Gasteiger partial charge in [0.05, 0.1) is 13.1 Å². The molecule has 0 amide bonds. The molecule has 0 spiro atoms. The second-order valence-electron chi connectivity index (χ2n) is 5.37. The van der Waals surface area contributed by atoms with Crippen LogP contribution in [0.15, 0.2) is 24.3 Å². The SMILES string of the molecule is O=C(O)CN(CC(F)(F)F)C1CCCCc2ccccc21. The van der Waals surface area contributed by atoms with Gasteiger partial charge < -0.3 is 5.11 Å². The number of rotatable bonds is 4. The highest BCUT2D eigenvalue weighted by atomic mass is 19.4. The maximum atomic E-state index is 12.8. The summed E-state index contributed by atoms with van der Waals surface area (Å²) in [5.41, 5.74) is 1.86. The van der Waals surface area contributed by atoms with Crippen LogP contribution in [-0.2, 0) is 11.2 Å². The van der Waals surface area contributed by atoms with E-state index < -0.39 is 31.3 Å². The summed E-state index contributed by atoms with van der Waals surface area (Å²) in [6.45, 7) is -1.79. The number of aliphatic carboxylic acids is 1. The van der Waals surface area contributed by atoms with Crippen molar-refractivity contribution in [1.82, 2.24) is 4.90 Å². The van der Waals surface area contributed by atoms with Gasteiger partial charge in [0.1, 0.15) is 0 Å². The van der Waals surface area contributed by atoms with Crippen molar-refractivity contribution in [3.63, 3.8) is 0 Å². The fourth-order valence-electron chi connectivity index (χ4n) is 2.96. The monoisotopic (exact) mass is 301 g/mol. The minimum atomic E-state index is -4.41. The van der Waals surface area contributed by atoms with E-state index in [1.54, 1.807) is 6.07 Å². The van der Waals surface area contributed by atoms with Gasteiger partial charge in [0.25, 0.3) is 0 Å². The molecule has 0 aromatic heterocycles. The van der Waals surface area contributed by atoms with E-state index >= 15 is 0 Å². The lowest BCUT2D eigenvalue weighted by Crippen LogP contribution is -2.40. The van der Waals surface area contributed by atoms with Crippen molar-refractivity contribution in [3.05, 3.63) is 35.4 Å². The zero-order valence-corrected chi connectivity index (χ0v) is 11.6. The van der Waals surface area contributed by atoms with Gasteiger partial charge in [-0.1, -0.05) is 30.7 Å². The molecule has 0 heterocycles. The molecular formula is C15H18F3NO2. The predicted molar refractivity (Wildman–Crippen MR) is 72.0 cm³/mol. The van der Waals surface area contributed by atoms with Crippen LogP contribution in [0.3, 0.4) is 0 Å². The van der Waals surface area contributed by atoms with Crippen LogP contribution in [0.5, 0.6) is 0 Å². The Labute approximate surface area is 121 Å². The van der Waals surface area contributed by atoms with E-state index in [-0.39, 0.29) is 0 Å². The second kappa shape index (κ2) is 6.47. The molecule has 0 saturated carbocycles. The Balaban J connectivity index is 2.31. The minimum absolute atomic E-state index is 0.485. The molecule has 21 heavy (non-hydrogen) atoms. The molecule has 0 bridgehead atoms. The lowest BCUT2D eigenvalue weighted by Gasteiger charge is -2.31. The molecule has 0 fully saturated rings. The topological polar surface area (TPSA) is 40.5 Å². The summed E-state index contributed by atoms with van der Waals surface area (Å²) in [6.07, 6.45) is -1.30. The smallest absolute Gasteiger partial charge is 0.401 e. The first kappa shape index (κ1) is 15.8. The van der Waals surface area contributed by atoms with Gasteiger partial charge in [0.2, 0.25) is 0 Å². The summed E-state index contributed by atoms with van der Waals surface area (Å²) in [6, 6.07) is 6.91. The molecule has 1 unspecified atom stereocenters. The molecule has 3 nitrogen and oxygen atoms in total. The first-order valence-electron chi connectivity index (χ1n) is 6.97. The Morgan fingerprint density at radius 2 is 2.00 bits per heavy atom. The Morgan fingerprint density at radius 3 is 2.67 bits per heavy atom. The van der Waals surface area contributed by atoms with Gasteiger partial charge in [-0.25, -0.2) is 0 Å². The van der Waals surface area contributed by atoms with Crippen LogP contribution in [0.25, 0.3) is 0 Å². The highest BCUT2D eigenvalue weighted by Gasteiger charge is 2.36. The molecule has 2 rings (SSSR count). The third-order valence-electron chi connectivity index (χ3n) is 3.75. The van der Waals surface area contributed by atoms with Crippen molar-refractivity contribution in [1.29, 1.82) is 0 Å². The summed E-state index contributed by atoms with van der Waals surface area (Å²) in [4.78, 5) is 12.0. The number of halogens is 3. The van der Waals surface area contributed by atoms with Crippen LogP contribution in [0.1, 0.15) is 36.4 Å². The molecule has 1 N–H and O–H groups in total. The average molecular weight is 301 g/mol. The molecule has 0 aliphatic heterocycles. The van der Waals surface area contributed by atoms with Crippen molar-refractivity contribution >= 4 is 5.97 Å². The maximum absolute atomic E-state index is 12.8. The van der Waals surface area contributed by atoms with E-state index in [4.69, 9.17) is 5.11 Å². The van der Waals surface area contributed by atoms with Crippen LogP contribution in [0.2, 0.25) is 0 Å². The van der Waals surface area contributed by atoms with E-state index in [1.165, 1.54) is 0 Å². The van der Waals surface area contributed by atoms with Gasteiger partial charge in [-0.15, -0.1) is 0 Å². The Morgan fingerprint density at radius 1 is 1.29 bits per heavy atom. The summed E-state index contributed by atoms with van der Waals surface area (Å²) < 4.78 is 38.3. The number of benzene rings is 1. The number of nitrogens with zero attached hydrogens (tertiary/aromatic N) is 1. The van der Waals surface area contributed by atoms with Crippen molar-refractivity contribution in [2.24, 2.45) is 0 Å². The molecule has 1 aliphatic rings. The third kappa shape index (κ3) is 4.46. The van der Waals surface area contributed by atoms with Crippen molar-refractivity contribution < 1.29 is 23.1 Å². The van der Waals surface area contributed by atoms with E-state index in [0.717, 1.165) is 35.3 Å². The predicted octanol–water partition coefficient (Wildman–Crippen LogP) is 3.40. The fraction of sp³-hybridized carbons (Fsp3) is 0.533. The highest BCUT2D eigenvalue weighted by Crippen LogP contribution is 2.34. The van der Waals surface area contributed by atoms with Crippen molar-refractivity contribution in [2.45, 2.75) is 37.9 Å². The second-order valence-corrected chi connectivity index (χ2v) is 5.37. The lowest BCUT2D eigenvalue weighted by atomic mass is 9.97. The number of aryl methyl sites for hydroxylation is 1. The minimum Gasteiger partial charge on any atom is -0.480 e. The van der Waals surface area contributed by atoms with Crippen LogP contribution in [-0.4, -0.2) is 35.2 Å². The molecule has 6 heteroatoms. The van der Waals surface area contributed by atoms with Crippen LogP contribution in [0.4, 0.5) is 13.2 Å². The molecule has 0 radical (unpaired) electrons. The summed E-state index contributed by atoms with van der Waals surface area (Å²) >= 11 is 0. The number of alkyl halides is 3. The third-order valence-corrected chi connectivity index (χ3v) is 3.75. The van der Waals surface area contributed by atoms with E-state index in [1.807, 2.05) is 18.2 Å². The maximum Gasteiger partial charge on any atom is 0.401 e. The Kier molecular flexibility index (Phi) is 4.88. The number of carbonyl (C=O) groups is 1. The molecule has 1 aliphatic carbocycles. The summed E-state index contributed by atoms with van der Waals surface area (Å²) in [5.74, 6) is -1.24. The number of carboxylic acids is 1. The van der Waals surface area contributed by atoms with Crippen LogP contribution < -0.4 is 0 Å². The first-order valence-corrected chi connectivity index (χ1v) is 6.97. The van der Waals surface area contributed by atoms with E-state index in [9.17, 15) is 18.0 Å². The van der Waals surface area contributed by atoms with Gasteiger partial charge in [0.15, 0.2) is 0 Å². The van der Waals surface area contributed by atoms with Gasteiger partial charge in [-0.3, -0.25) is 9.69 Å². The number of hydrogen-bond acceptors (Lipinski definition) is 2. The number of hydrogen-bond donors (Lipinski definition) is 1. The normalized spacial score (nSPS) is 19.1. The first-order chi connectivity index (χ1) is 9.87. The molecule has 1 aromatic rings. The van der Waals surface area contributed by atoms with E-state index in [0.29, 0.717) is 6.42 Å². The highest BCUT2D eigenvalue weighted by molar-refractivity contribution is 5.69. The number of fused-ring (bicyclic) bond motifs is 1. The largest absolute Gasteiger partial charge is 0.480 e. The Hall–Kier alpha value is -1.56. The zero-order chi connectivity index (χ0) is 15.5. The molecule has 1 aromatic carbocycles. The van der Waals surface area contributed by atoms with Crippen molar-refractivity contribution in [3.8, 4) is 0 Å². The standard InChI is InChI=1S/C15H18F3NO2/c16-15(17,18)10-19(9-14(20)21)13-8-4-2-6-11-5-1-3-7-12(11)13/h1,3,5,7,13H,2,4,6,8-10H2,(H,20,21). The van der Waals surface area contributed by atoms with Gasteiger partial charge >= 0.3 is 12.1 Å². The van der Waals surface area contributed by atoms with Gasteiger partial charge in [-0.05, 0) is 30.4 Å². The summed E-state index contributed by atoms with van der Waals surface area (Å²) in [5, 5.41) is 8.92. The summed E-state index contributed by atoms with van der Waals surface area (Å²) in [7, 11) is 0. The Bertz CT molecular complexity index is 502. The molecule has 116 valence electrons. The molecule has 0 saturated heterocycles. The van der Waals surface area contributed by atoms with E-state index in [2.05, 4.69) is 0 Å². The number of carboxylic acid groups (broad SMARTS) is 1.